The molecule has 0 spiro atoms. The second-order valence-electron chi connectivity index (χ2n) is 2.73. The Morgan fingerprint density at radius 3 is 2.46 bits per heavy atom. The van der Waals surface area contributed by atoms with Gasteiger partial charge in [0.1, 0.15) is 5.82 Å². The molecular weight excluding hydrogens is 187 g/mol. The summed E-state index contributed by atoms with van der Waals surface area (Å²) in [5.74, 6) is 0.784. The van der Waals surface area contributed by atoms with Gasteiger partial charge < -0.3 is 5.11 Å². The quantitative estimate of drug-likeness (QED) is 0.582. The predicted molar refractivity (Wildman–Crippen MR) is 53.4 cm³/mol. The van der Waals surface area contributed by atoms with Crippen LogP contribution in [0.5, 0.6) is 0 Å². The van der Waals surface area contributed by atoms with E-state index in [1.807, 2.05) is 0 Å². The predicted octanol–water partition coefficient (Wildman–Crippen LogP) is 2.69. The Labute approximate surface area is 82.0 Å². The highest BCUT2D eigenvalue weighted by Gasteiger charge is 1.94. The molecule has 0 saturated heterocycles. The molecule has 0 aliphatic carbocycles. The number of hydrogen-bond acceptors (Lipinski definition) is 2. The molecule has 3 heteroatoms. The van der Waals surface area contributed by atoms with E-state index < -0.39 is 0 Å². The van der Waals surface area contributed by atoms with Crippen LogP contribution in [0.4, 0.5) is 4.39 Å². The van der Waals surface area contributed by atoms with Crippen LogP contribution in [0.15, 0.2) is 29.2 Å². The van der Waals surface area contributed by atoms with Crippen LogP contribution in [0.1, 0.15) is 12.8 Å². The van der Waals surface area contributed by atoms with E-state index in [1.165, 1.54) is 12.1 Å². The monoisotopic (exact) mass is 200 g/mol. The summed E-state index contributed by atoms with van der Waals surface area (Å²) >= 11 is 1.69. The summed E-state index contributed by atoms with van der Waals surface area (Å²) in [6.07, 6.45) is 1.84. The first kappa shape index (κ1) is 10.5. The zero-order chi connectivity index (χ0) is 9.52. The topological polar surface area (TPSA) is 20.2 Å². The standard InChI is InChI=1S/C10H13FOS/c11-9-3-5-10(6-4-9)13-8-2-1-7-12/h3-6,12H,1-2,7-8H2. The number of unbranched alkanes of at least 4 members (excludes halogenated alkanes) is 1. The van der Waals surface area contributed by atoms with Crippen molar-refractivity contribution in [1.82, 2.24) is 0 Å². The molecule has 0 bridgehead atoms. The van der Waals surface area contributed by atoms with Crippen molar-refractivity contribution in [3.63, 3.8) is 0 Å². The zero-order valence-corrected chi connectivity index (χ0v) is 8.19. The third-order valence-corrected chi connectivity index (χ3v) is 2.73. The molecule has 1 aromatic rings. The number of hydrogen-bond donors (Lipinski definition) is 1. The van der Waals surface area contributed by atoms with Crippen molar-refractivity contribution < 1.29 is 9.50 Å². The lowest BCUT2D eigenvalue weighted by Gasteiger charge is -1.99. The Balaban J connectivity index is 2.25. The van der Waals surface area contributed by atoms with Gasteiger partial charge in [0.15, 0.2) is 0 Å². The normalized spacial score (nSPS) is 10.3. The van der Waals surface area contributed by atoms with Gasteiger partial charge in [0, 0.05) is 11.5 Å². The maximum Gasteiger partial charge on any atom is 0.123 e. The third-order valence-electron chi connectivity index (χ3n) is 1.63. The average molecular weight is 200 g/mol. The number of halogens is 1. The van der Waals surface area contributed by atoms with Gasteiger partial charge in [-0.15, -0.1) is 11.8 Å². The summed E-state index contributed by atoms with van der Waals surface area (Å²) in [5.41, 5.74) is 0. The Kier molecular flexibility index (Phi) is 4.86. The van der Waals surface area contributed by atoms with Crippen LogP contribution in [0.2, 0.25) is 0 Å². The molecule has 0 aliphatic heterocycles. The number of aliphatic hydroxyl groups excluding tert-OH is 1. The molecule has 0 unspecified atom stereocenters. The first-order valence-corrected chi connectivity index (χ1v) is 5.30. The van der Waals surface area contributed by atoms with Crippen LogP contribution in [0.3, 0.4) is 0 Å². The molecule has 0 fully saturated rings. The summed E-state index contributed by atoms with van der Waals surface area (Å²) in [4.78, 5) is 1.08. The number of rotatable bonds is 5. The number of thioether (sulfide) groups is 1. The lowest BCUT2D eigenvalue weighted by atomic mass is 10.3. The summed E-state index contributed by atoms with van der Waals surface area (Å²) < 4.78 is 12.5. The molecule has 0 aromatic heterocycles. The van der Waals surface area contributed by atoms with Crippen LogP contribution in [-0.4, -0.2) is 17.5 Å². The van der Waals surface area contributed by atoms with Crippen molar-refractivity contribution in [2.45, 2.75) is 17.7 Å². The highest BCUT2D eigenvalue weighted by atomic mass is 32.2. The fourth-order valence-corrected chi connectivity index (χ4v) is 1.85. The summed E-state index contributed by atoms with van der Waals surface area (Å²) in [6.45, 7) is 0.254. The Hall–Kier alpha value is -0.540. The van der Waals surface area contributed by atoms with E-state index in [0.717, 1.165) is 23.5 Å². The van der Waals surface area contributed by atoms with Crippen LogP contribution in [0, 0.1) is 5.82 Å². The van der Waals surface area contributed by atoms with E-state index in [2.05, 4.69) is 0 Å². The molecule has 1 nitrogen and oxygen atoms in total. The van der Waals surface area contributed by atoms with Crippen molar-refractivity contribution in [3.05, 3.63) is 30.1 Å². The fourth-order valence-electron chi connectivity index (χ4n) is 0.935. The third kappa shape index (κ3) is 4.29. The fraction of sp³-hybridized carbons (Fsp3) is 0.400. The molecule has 0 saturated carbocycles. The largest absolute Gasteiger partial charge is 0.396 e. The summed E-state index contributed by atoms with van der Waals surface area (Å²) in [7, 11) is 0. The second-order valence-corrected chi connectivity index (χ2v) is 3.90. The van der Waals surface area contributed by atoms with E-state index in [9.17, 15) is 4.39 Å². The number of aliphatic hydroxyl groups is 1. The molecule has 0 amide bonds. The Morgan fingerprint density at radius 2 is 1.85 bits per heavy atom. The van der Waals surface area contributed by atoms with Gasteiger partial charge in [-0.1, -0.05) is 0 Å². The minimum Gasteiger partial charge on any atom is -0.396 e. The minimum atomic E-state index is -0.195. The van der Waals surface area contributed by atoms with Crippen LogP contribution in [0.25, 0.3) is 0 Å². The van der Waals surface area contributed by atoms with Crippen molar-refractivity contribution in [1.29, 1.82) is 0 Å². The smallest absolute Gasteiger partial charge is 0.123 e. The van der Waals surface area contributed by atoms with Gasteiger partial charge in [0.05, 0.1) is 0 Å². The molecule has 1 rings (SSSR count). The van der Waals surface area contributed by atoms with Gasteiger partial charge >= 0.3 is 0 Å². The van der Waals surface area contributed by atoms with Crippen molar-refractivity contribution in [3.8, 4) is 0 Å². The highest BCUT2D eigenvalue weighted by Crippen LogP contribution is 2.19. The molecule has 13 heavy (non-hydrogen) atoms. The van der Waals surface area contributed by atoms with Gasteiger partial charge in [-0.05, 0) is 42.9 Å². The maximum atomic E-state index is 12.5. The maximum absolute atomic E-state index is 12.5. The summed E-state index contributed by atoms with van der Waals surface area (Å²) in [6, 6.07) is 6.49. The van der Waals surface area contributed by atoms with E-state index in [4.69, 9.17) is 5.11 Å². The lowest BCUT2D eigenvalue weighted by Crippen LogP contribution is -1.85. The van der Waals surface area contributed by atoms with E-state index in [-0.39, 0.29) is 12.4 Å². The van der Waals surface area contributed by atoms with Gasteiger partial charge in [-0.2, -0.15) is 0 Å². The van der Waals surface area contributed by atoms with E-state index in [1.54, 1.807) is 23.9 Å². The molecular formula is C10H13FOS. The molecule has 1 aromatic carbocycles. The SMILES string of the molecule is OCCCCSc1ccc(F)cc1. The zero-order valence-electron chi connectivity index (χ0n) is 7.37. The molecule has 1 N–H and O–H groups in total. The molecule has 0 heterocycles. The van der Waals surface area contributed by atoms with Crippen LogP contribution < -0.4 is 0 Å². The van der Waals surface area contributed by atoms with Gasteiger partial charge in [0.2, 0.25) is 0 Å². The number of benzene rings is 1. The minimum absolute atomic E-state index is 0.195. The van der Waals surface area contributed by atoms with Gasteiger partial charge in [0.25, 0.3) is 0 Å². The Morgan fingerprint density at radius 1 is 1.15 bits per heavy atom. The van der Waals surface area contributed by atoms with Gasteiger partial charge in [-0.25, -0.2) is 4.39 Å². The van der Waals surface area contributed by atoms with E-state index >= 15 is 0 Å². The first-order chi connectivity index (χ1) is 6.33. The van der Waals surface area contributed by atoms with Crippen molar-refractivity contribution in [2.75, 3.05) is 12.4 Å². The molecule has 0 aliphatic rings. The highest BCUT2D eigenvalue weighted by molar-refractivity contribution is 7.99. The molecule has 0 atom stereocenters. The van der Waals surface area contributed by atoms with Crippen LogP contribution in [-0.2, 0) is 0 Å². The van der Waals surface area contributed by atoms with Gasteiger partial charge in [-0.3, -0.25) is 0 Å². The average Bonchev–Trinajstić information content (AvgIpc) is 2.15. The van der Waals surface area contributed by atoms with E-state index in [0.29, 0.717) is 0 Å². The molecule has 72 valence electrons. The molecule has 0 radical (unpaired) electrons. The van der Waals surface area contributed by atoms with Crippen LogP contribution >= 0.6 is 11.8 Å². The lowest BCUT2D eigenvalue weighted by molar-refractivity contribution is 0.287. The van der Waals surface area contributed by atoms with Crippen molar-refractivity contribution in [2.24, 2.45) is 0 Å². The Bertz CT molecular complexity index is 235. The van der Waals surface area contributed by atoms with Crippen molar-refractivity contribution >= 4 is 11.8 Å². The second kappa shape index (κ2) is 6.00. The first-order valence-electron chi connectivity index (χ1n) is 4.32. The summed E-state index contributed by atoms with van der Waals surface area (Å²) in [5, 5.41) is 8.54.